The van der Waals surface area contributed by atoms with Crippen LogP contribution in [0.5, 0.6) is 11.5 Å². The molecule has 8 nitrogen and oxygen atoms in total. The van der Waals surface area contributed by atoms with Crippen LogP contribution in [0.2, 0.25) is 0 Å². The molecule has 0 saturated heterocycles. The zero-order chi connectivity index (χ0) is 18.2. The summed E-state index contributed by atoms with van der Waals surface area (Å²) in [5, 5.41) is 11.2. The largest absolute Gasteiger partial charge is 0.486 e. The Balaban J connectivity index is 1.36. The van der Waals surface area contributed by atoms with E-state index < -0.39 is 5.91 Å². The van der Waals surface area contributed by atoms with Gasteiger partial charge in [0.05, 0.1) is 0 Å². The lowest BCUT2D eigenvalue weighted by atomic mass is 10.2. The van der Waals surface area contributed by atoms with Gasteiger partial charge in [0.15, 0.2) is 17.3 Å². The molecule has 4 aromatic rings. The molecule has 1 aliphatic rings. The first kappa shape index (κ1) is 15.4. The lowest BCUT2D eigenvalue weighted by Gasteiger charge is -2.18. The summed E-state index contributed by atoms with van der Waals surface area (Å²) in [6, 6.07) is 14.3. The van der Waals surface area contributed by atoms with E-state index in [9.17, 15) is 4.79 Å². The second-order valence-electron chi connectivity index (χ2n) is 5.87. The fourth-order valence-electron chi connectivity index (χ4n) is 2.82. The molecule has 0 saturated carbocycles. The summed E-state index contributed by atoms with van der Waals surface area (Å²) in [6.45, 7) is 1.00. The third-order valence-electron chi connectivity index (χ3n) is 4.08. The first-order chi connectivity index (χ1) is 13.3. The Kier molecular flexibility index (Phi) is 3.53. The van der Waals surface area contributed by atoms with Gasteiger partial charge in [0, 0.05) is 10.9 Å². The molecule has 2 aromatic carbocycles. The zero-order valence-corrected chi connectivity index (χ0v) is 14.0. The van der Waals surface area contributed by atoms with E-state index in [4.69, 9.17) is 18.3 Å². The number of benzene rings is 2. The van der Waals surface area contributed by atoms with Crippen LogP contribution < -0.4 is 14.8 Å². The monoisotopic (exact) mass is 363 g/mol. The van der Waals surface area contributed by atoms with Crippen LogP contribution in [0.3, 0.4) is 0 Å². The number of ether oxygens (including phenoxy) is 2. The molecule has 3 heterocycles. The minimum absolute atomic E-state index is 0.0228. The van der Waals surface area contributed by atoms with E-state index in [-0.39, 0.29) is 17.7 Å². The van der Waals surface area contributed by atoms with Gasteiger partial charge in [-0.15, -0.1) is 5.10 Å². The maximum absolute atomic E-state index is 12.4. The number of anilines is 1. The zero-order valence-electron chi connectivity index (χ0n) is 14.0. The highest BCUT2D eigenvalue weighted by Crippen LogP contribution is 2.34. The molecular weight excluding hydrogens is 350 g/mol. The van der Waals surface area contributed by atoms with Crippen molar-refractivity contribution < 1.29 is 23.1 Å². The van der Waals surface area contributed by atoms with E-state index in [2.05, 4.69) is 15.5 Å². The number of hydrogen-bond donors (Lipinski definition) is 1. The average Bonchev–Trinajstić information content (AvgIpc) is 3.34. The topological polar surface area (TPSA) is 99.6 Å². The fraction of sp³-hybridized carbons (Fsp3) is 0.105. The number of carbonyl (C=O) groups excluding carboxylic acids is 1. The highest BCUT2D eigenvalue weighted by atomic mass is 16.6. The number of carbonyl (C=O) groups is 1. The highest BCUT2D eigenvalue weighted by molar-refractivity contribution is 6.03. The quantitative estimate of drug-likeness (QED) is 0.594. The molecule has 1 amide bonds. The van der Waals surface area contributed by atoms with Crippen LogP contribution in [0.1, 0.15) is 10.6 Å². The van der Waals surface area contributed by atoms with Gasteiger partial charge in [-0.05, 0) is 30.3 Å². The molecule has 2 aromatic heterocycles. The molecule has 8 heteroatoms. The minimum atomic E-state index is -0.469. The smallest absolute Gasteiger partial charge is 0.322 e. The number of fused-ring (bicyclic) bond motifs is 2. The number of aromatic nitrogens is 2. The Bertz CT molecular complexity index is 1110. The van der Waals surface area contributed by atoms with Crippen molar-refractivity contribution in [3.8, 4) is 23.0 Å². The second-order valence-corrected chi connectivity index (χ2v) is 5.87. The number of nitrogens with one attached hydrogen (secondary N) is 1. The number of nitrogens with zero attached hydrogens (tertiary/aromatic N) is 2. The summed E-state index contributed by atoms with van der Waals surface area (Å²) in [6.07, 6.45) is 0. The van der Waals surface area contributed by atoms with Crippen molar-refractivity contribution >= 4 is 22.9 Å². The van der Waals surface area contributed by atoms with Crippen LogP contribution in [-0.4, -0.2) is 29.3 Å². The first-order valence-corrected chi connectivity index (χ1v) is 8.30. The lowest BCUT2D eigenvalue weighted by Crippen LogP contribution is -2.15. The van der Waals surface area contributed by atoms with E-state index in [0.717, 1.165) is 5.39 Å². The molecule has 0 fully saturated rings. The van der Waals surface area contributed by atoms with Gasteiger partial charge < -0.3 is 18.3 Å². The Morgan fingerprint density at radius 3 is 2.67 bits per heavy atom. The van der Waals surface area contributed by atoms with Crippen molar-refractivity contribution in [3.63, 3.8) is 0 Å². The molecule has 134 valence electrons. The van der Waals surface area contributed by atoms with Crippen molar-refractivity contribution in [2.45, 2.75) is 0 Å². The molecule has 0 spiro atoms. The van der Waals surface area contributed by atoms with Gasteiger partial charge in [-0.3, -0.25) is 10.1 Å². The number of rotatable bonds is 3. The summed E-state index contributed by atoms with van der Waals surface area (Å²) >= 11 is 0. The number of para-hydroxylation sites is 1. The molecule has 0 radical (unpaired) electrons. The van der Waals surface area contributed by atoms with Gasteiger partial charge in [0.1, 0.15) is 18.8 Å². The third kappa shape index (κ3) is 2.86. The standard InChI is InChI=1S/C19H13N3O5/c23-17(16-9-11-3-1-2-4-13(11)26-16)20-19-22-21-18(27-19)12-5-6-14-15(10-12)25-8-7-24-14/h1-6,9-10H,7-8H2,(H,20,22,23). The maximum atomic E-state index is 12.4. The van der Waals surface area contributed by atoms with E-state index in [1.807, 2.05) is 18.2 Å². The molecule has 0 unspecified atom stereocenters. The highest BCUT2D eigenvalue weighted by Gasteiger charge is 2.18. The summed E-state index contributed by atoms with van der Waals surface area (Å²) in [4.78, 5) is 12.4. The van der Waals surface area contributed by atoms with Crippen molar-refractivity contribution in [1.29, 1.82) is 0 Å². The van der Waals surface area contributed by atoms with E-state index >= 15 is 0 Å². The maximum Gasteiger partial charge on any atom is 0.322 e. The van der Waals surface area contributed by atoms with Crippen LogP contribution in [0, 0.1) is 0 Å². The van der Waals surface area contributed by atoms with Crippen LogP contribution >= 0.6 is 0 Å². The summed E-state index contributed by atoms with van der Waals surface area (Å²) in [5.74, 6) is 1.23. The molecule has 0 bridgehead atoms. The van der Waals surface area contributed by atoms with Gasteiger partial charge in [-0.25, -0.2) is 0 Å². The summed E-state index contributed by atoms with van der Waals surface area (Å²) < 4.78 is 22.1. The summed E-state index contributed by atoms with van der Waals surface area (Å²) in [5.41, 5.74) is 1.29. The number of hydrogen-bond acceptors (Lipinski definition) is 7. The SMILES string of the molecule is O=C(Nc1nnc(-c2ccc3c(c2)OCCO3)o1)c1cc2ccccc2o1. The number of amides is 1. The van der Waals surface area contributed by atoms with Crippen LogP contribution in [0.15, 0.2) is 57.4 Å². The predicted octanol–water partition coefficient (Wildman–Crippen LogP) is 3.51. The Hall–Kier alpha value is -3.81. The predicted molar refractivity (Wildman–Crippen MR) is 94.9 cm³/mol. The molecule has 0 aliphatic carbocycles. The van der Waals surface area contributed by atoms with Gasteiger partial charge in [0.2, 0.25) is 5.89 Å². The van der Waals surface area contributed by atoms with Gasteiger partial charge in [0.25, 0.3) is 5.91 Å². The van der Waals surface area contributed by atoms with E-state index in [1.54, 1.807) is 30.3 Å². The molecular formula is C19H13N3O5. The molecule has 5 rings (SSSR count). The fourth-order valence-corrected chi connectivity index (χ4v) is 2.82. The average molecular weight is 363 g/mol. The third-order valence-corrected chi connectivity index (χ3v) is 4.08. The van der Waals surface area contributed by atoms with Crippen molar-refractivity contribution in [2.24, 2.45) is 0 Å². The Labute approximate surface area is 152 Å². The molecule has 0 atom stereocenters. The second kappa shape index (κ2) is 6.17. The van der Waals surface area contributed by atoms with E-state index in [0.29, 0.717) is 35.9 Å². The van der Waals surface area contributed by atoms with Crippen LogP contribution in [0.4, 0.5) is 6.01 Å². The van der Waals surface area contributed by atoms with Crippen LogP contribution in [-0.2, 0) is 0 Å². The lowest BCUT2D eigenvalue weighted by molar-refractivity contribution is 0.0996. The van der Waals surface area contributed by atoms with Crippen molar-refractivity contribution in [1.82, 2.24) is 10.2 Å². The number of furan rings is 1. The van der Waals surface area contributed by atoms with Crippen molar-refractivity contribution in [2.75, 3.05) is 18.5 Å². The van der Waals surface area contributed by atoms with Gasteiger partial charge >= 0.3 is 6.01 Å². The Morgan fingerprint density at radius 1 is 0.926 bits per heavy atom. The first-order valence-electron chi connectivity index (χ1n) is 8.30. The van der Waals surface area contributed by atoms with Gasteiger partial charge in [-0.1, -0.05) is 23.3 Å². The molecule has 1 N–H and O–H groups in total. The molecule has 1 aliphatic heterocycles. The van der Waals surface area contributed by atoms with Gasteiger partial charge in [-0.2, -0.15) is 0 Å². The van der Waals surface area contributed by atoms with Crippen molar-refractivity contribution in [3.05, 3.63) is 54.3 Å². The Morgan fingerprint density at radius 2 is 1.78 bits per heavy atom. The van der Waals surface area contributed by atoms with Crippen LogP contribution in [0.25, 0.3) is 22.4 Å². The van der Waals surface area contributed by atoms with E-state index in [1.165, 1.54) is 0 Å². The normalized spacial score (nSPS) is 12.9. The minimum Gasteiger partial charge on any atom is -0.486 e. The molecule has 27 heavy (non-hydrogen) atoms. The summed E-state index contributed by atoms with van der Waals surface area (Å²) in [7, 11) is 0.